The summed E-state index contributed by atoms with van der Waals surface area (Å²) in [7, 11) is 0. The molecule has 0 radical (unpaired) electrons. The van der Waals surface area contributed by atoms with Gasteiger partial charge < -0.3 is 26.2 Å². The standard InChI is InChI=1S/C18H26N4O5/c1-12(23)15-8-13(9-17(19)25)2-3-16(15)27-11-14(24)10-21-4-6-22(7-5-21)18(20)26/h2-3,8,14,24H,4-7,9-11H2,1H3,(H2,19,25)(H2,20,26). The molecule has 0 bridgehead atoms. The Bertz CT molecular complexity index is 701. The van der Waals surface area contributed by atoms with Crippen molar-refractivity contribution in [2.45, 2.75) is 19.4 Å². The third kappa shape index (κ3) is 6.22. The third-order valence-electron chi connectivity index (χ3n) is 4.39. The Morgan fingerprint density at radius 3 is 2.41 bits per heavy atom. The first-order valence-corrected chi connectivity index (χ1v) is 8.76. The second kappa shape index (κ2) is 9.33. The van der Waals surface area contributed by atoms with E-state index in [2.05, 4.69) is 0 Å². The van der Waals surface area contributed by atoms with Crippen LogP contribution in [-0.4, -0.2) is 78.1 Å². The maximum atomic E-state index is 11.8. The maximum Gasteiger partial charge on any atom is 0.314 e. The predicted molar refractivity (Wildman–Crippen MR) is 98.4 cm³/mol. The Labute approximate surface area is 157 Å². The van der Waals surface area contributed by atoms with E-state index in [0.717, 1.165) is 0 Å². The van der Waals surface area contributed by atoms with Crippen molar-refractivity contribution in [3.05, 3.63) is 29.3 Å². The Balaban J connectivity index is 1.89. The highest BCUT2D eigenvalue weighted by molar-refractivity contribution is 5.97. The number of ketones is 1. The van der Waals surface area contributed by atoms with Crippen LogP contribution in [0, 0.1) is 0 Å². The van der Waals surface area contributed by atoms with E-state index in [1.165, 1.54) is 6.92 Å². The SMILES string of the molecule is CC(=O)c1cc(CC(N)=O)ccc1OCC(O)CN1CCN(C(N)=O)CC1. The van der Waals surface area contributed by atoms with E-state index in [4.69, 9.17) is 16.2 Å². The van der Waals surface area contributed by atoms with E-state index in [9.17, 15) is 19.5 Å². The molecule has 1 saturated heterocycles. The van der Waals surface area contributed by atoms with Gasteiger partial charge in [0.25, 0.3) is 0 Å². The largest absolute Gasteiger partial charge is 0.490 e. The van der Waals surface area contributed by atoms with Crippen molar-refractivity contribution < 1.29 is 24.2 Å². The average molecular weight is 378 g/mol. The molecule has 27 heavy (non-hydrogen) atoms. The van der Waals surface area contributed by atoms with E-state index >= 15 is 0 Å². The van der Waals surface area contributed by atoms with Crippen LogP contribution < -0.4 is 16.2 Å². The molecule has 1 fully saturated rings. The molecule has 0 saturated carbocycles. The minimum absolute atomic E-state index is 0.0193. The summed E-state index contributed by atoms with van der Waals surface area (Å²) in [5.74, 6) is -0.327. The highest BCUT2D eigenvalue weighted by atomic mass is 16.5. The summed E-state index contributed by atoms with van der Waals surface area (Å²) >= 11 is 0. The molecule has 9 nitrogen and oxygen atoms in total. The number of amides is 3. The predicted octanol–water partition coefficient (Wildman–Crippen LogP) is -0.647. The molecule has 9 heteroatoms. The van der Waals surface area contributed by atoms with Gasteiger partial charge in [0.1, 0.15) is 18.5 Å². The number of aliphatic hydroxyl groups excluding tert-OH is 1. The van der Waals surface area contributed by atoms with Gasteiger partial charge in [-0.3, -0.25) is 14.5 Å². The fourth-order valence-corrected chi connectivity index (χ4v) is 2.98. The number of carbonyl (C=O) groups is 3. The first kappa shape index (κ1) is 20.7. The zero-order chi connectivity index (χ0) is 20.0. The van der Waals surface area contributed by atoms with Gasteiger partial charge in [-0.15, -0.1) is 0 Å². The van der Waals surface area contributed by atoms with Gasteiger partial charge in [0.15, 0.2) is 5.78 Å². The van der Waals surface area contributed by atoms with Crippen molar-refractivity contribution in [1.29, 1.82) is 0 Å². The summed E-state index contributed by atoms with van der Waals surface area (Å²) in [5.41, 5.74) is 11.4. The number of urea groups is 1. The molecule has 1 aromatic rings. The lowest BCUT2D eigenvalue weighted by molar-refractivity contribution is -0.117. The van der Waals surface area contributed by atoms with Gasteiger partial charge in [0, 0.05) is 32.7 Å². The molecule has 0 spiro atoms. The fraction of sp³-hybridized carbons (Fsp3) is 0.500. The molecule has 1 unspecified atom stereocenters. The van der Waals surface area contributed by atoms with Gasteiger partial charge >= 0.3 is 6.03 Å². The van der Waals surface area contributed by atoms with Gasteiger partial charge in [-0.2, -0.15) is 0 Å². The number of carbonyl (C=O) groups excluding carboxylic acids is 3. The smallest absolute Gasteiger partial charge is 0.314 e. The van der Waals surface area contributed by atoms with Crippen LogP contribution in [0.5, 0.6) is 5.75 Å². The number of β-amino-alcohol motifs (C(OH)–C–C–N with tert-alkyl or cyclic N) is 1. The molecular weight excluding hydrogens is 352 g/mol. The number of aliphatic hydroxyl groups is 1. The van der Waals surface area contributed by atoms with E-state index in [1.807, 2.05) is 4.90 Å². The van der Waals surface area contributed by atoms with Gasteiger partial charge in [-0.1, -0.05) is 6.07 Å². The van der Waals surface area contributed by atoms with Crippen LogP contribution >= 0.6 is 0 Å². The zero-order valence-electron chi connectivity index (χ0n) is 15.4. The minimum atomic E-state index is -0.754. The Kier molecular flexibility index (Phi) is 7.14. The number of piperazine rings is 1. The van der Waals surface area contributed by atoms with Crippen LogP contribution in [0.4, 0.5) is 4.79 Å². The summed E-state index contributed by atoms with van der Waals surface area (Å²) < 4.78 is 5.62. The lowest BCUT2D eigenvalue weighted by Gasteiger charge is -2.34. The molecule has 1 heterocycles. The number of hydrogen-bond donors (Lipinski definition) is 3. The van der Waals surface area contributed by atoms with E-state index in [1.54, 1.807) is 23.1 Å². The monoisotopic (exact) mass is 378 g/mol. The van der Waals surface area contributed by atoms with Crippen LogP contribution in [0.15, 0.2) is 18.2 Å². The van der Waals surface area contributed by atoms with Crippen LogP contribution in [0.1, 0.15) is 22.8 Å². The van der Waals surface area contributed by atoms with E-state index in [-0.39, 0.29) is 18.8 Å². The number of rotatable bonds is 8. The second-order valence-corrected chi connectivity index (χ2v) is 6.62. The number of ether oxygens (including phenoxy) is 1. The molecule has 1 aliphatic rings. The number of Topliss-reactive ketones (excluding diaryl/α,β-unsaturated/α-hetero) is 1. The quantitative estimate of drug-likeness (QED) is 0.514. The molecule has 1 atom stereocenters. The third-order valence-corrected chi connectivity index (χ3v) is 4.39. The van der Waals surface area contributed by atoms with Gasteiger partial charge in [-0.05, 0) is 24.6 Å². The van der Waals surface area contributed by atoms with E-state index < -0.39 is 18.0 Å². The lowest BCUT2D eigenvalue weighted by atomic mass is 10.0. The normalized spacial score (nSPS) is 16.0. The van der Waals surface area contributed by atoms with Crippen LogP contribution in [-0.2, 0) is 11.2 Å². The van der Waals surface area contributed by atoms with Crippen LogP contribution in [0.2, 0.25) is 0 Å². The number of benzene rings is 1. The first-order chi connectivity index (χ1) is 12.8. The lowest BCUT2D eigenvalue weighted by Crippen LogP contribution is -2.52. The van der Waals surface area contributed by atoms with Crippen molar-refractivity contribution in [2.24, 2.45) is 11.5 Å². The van der Waals surface area contributed by atoms with E-state index in [0.29, 0.717) is 49.6 Å². The molecule has 0 aromatic heterocycles. The molecular formula is C18H26N4O5. The van der Waals surface area contributed by atoms with Gasteiger partial charge in [0.2, 0.25) is 5.91 Å². The fourth-order valence-electron chi connectivity index (χ4n) is 2.98. The molecule has 1 aromatic carbocycles. The summed E-state index contributed by atoms with van der Waals surface area (Å²) in [6.07, 6.45) is -0.712. The Morgan fingerprint density at radius 2 is 1.85 bits per heavy atom. The van der Waals surface area contributed by atoms with Crippen molar-refractivity contribution >= 4 is 17.7 Å². The molecule has 0 aliphatic carbocycles. The number of nitrogens with two attached hydrogens (primary N) is 2. The van der Waals surface area contributed by atoms with Gasteiger partial charge in [-0.25, -0.2) is 4.79 Å². The van der Waals surface area contributed by atoms with Crippen LogP contribution in [0.3, 0.4) is 0 Å². The van der Waals surface area contributed by atoms with Crippen LogP contribution in [0.25, 0.3) is 0 Å². The van der Waals surface area contributed by atoms with Crippen molar-refractivity contribution in [2.75, 3.05) is 39.3 Å². The highest BCUT2D eigenvalue weighted by Crippen LogP contribution is 2.21. The molecule has 5 N–H and O–H groups in total. The van der Waals surface area contributed by atoms with Crippen molar-refractivity contribution in [1.82, 2.24) is 9.80 Å². The maximum absolute atomic E-state index is 11.8. The number of primary amides is 2. The Morgan fingerprint density at radius 1 is 1.19 bits per heavy atom. The highest BCUT2D eigenvalue weighted by Gasteiger charge is 2.21. The summed E-state index contributed by atoms with van der Waals surface area (Å²) in [6, 6.07) is 4.42. The Hall–Kier alpha value is -2.65. The average Bonchev–Trinajstić information content (AvgIpc) is 2.60. The van der Waals surface area contributed by atoms with Crippen molar-refractivity contribution in [3.8, 4) is 5.75 Å². The zero-order valence-corrected chi connectivity index (χ0v) is 15.4. The molecule has 3 amide bonds. The summed E-state index contributed by atoms with van der Waals surface area (Å²) in [5, 5.41) is 10.2. The first-order valence-electron chi connectivity index (χ1n) is 8.76. The topological polar surface area (TPSA) is 139 Å². The second-order valence-electron chi connectivity index (χ2n) is 6.62. The van der Waals surface area contributed by atoms with Crippen molar-refractivity contribution in [3.63, 3.8) is 0 Å². The molecule has 148 valence electrons. The molecule has 2 rings (SSSR count). The minimum Gasteiger partial charge on any atom is -0.490 e. The summed E-state index contributed by atoms with van der Waals surface area (Å²) in [6.45, 7) is 4.12. The van der Waals surface area contributed by atoms with Gasteiger partial charge in [0.05, 0.1) is 12.0 Å². The number of nitrogens with zero attached hydrogens (tertiary/aromatic N) is 2. The number of hydrogen-bond acceptors (Lipinski definition) is 6. The molecule has 1 aliphatic heterocycles. The summed E-state index contributed by atoms with van der Waals surface area (Å²) in [4.78, 5) is 37.6.